The summed E-state index contributed by atoms with van der Waals surface area (Å²) < 4.78 is 26.1. The summed E-state index contributed by atoms with van der Waals surface area (Å²) in [4.78, 5) is 27.8. The Bertz CT molecular complexity index is 1080. The summed E-state index contributed by atoms with van der Waals surface area (Å²) in [5.74, 6) is -0.841. The van der Waals surface area contributed by atoms with E-state index in [0.29, 0.717) is 27.7 Å². The molecule has 0 fully saturated rings. The van der Waals surface area contributed by atoms with Gasteiger partial charge in [0.2, 0.25) is 21.8 Å². The van der Waals surface area contributed by atoms with Gasteiger partial charge in [-0.05, 0) is 56.2 Å². The maximum Gasteiger partial charge on any atom is 0.244 e. The maximum absolute atomic E-state index is 13.5. The van der Waals surface area contributed by atoms with Gasteiger partial charge < -0.3 is 10.2 Å². The van der Waals surface area contributed by atoms with Crippen LogP contribution in [0.25, 0.3) is 0 Å². The second-order valence-electron chi connectivity index (χ2n) is 7.95. The number of nitrogens with zero attached hydrogens (tertiary/aromatic N) is 2. The van der Waals surface area contributed by atoms with Crippen molar-refractivity contribution >= 4 is 50.7 Å². The van der Waals surface area contributed by atoms with Crippen LogP contribution < -0.4 is 9.62 Å². The second kappa shape index (κ2) is 11.7. The zero-order chi connectivity index (χ0) is 24.8. The highest BCUT2D eigenvalue weighted by Gasteiger charge is 2.32. The van der Waals surface area contributed by atoms with Gasteiger partial charge in [-0.3, -0.25) is 13.9 Å². The molecule has 7 nitrogen and oxygen atoms in total. The van der Waals surface area contributed by atoms with Crippen LogP contribution in [0.3, 0.4) is 0 Å². The first-order valence-electron chi connectivity index (χ1n) is 10.5. The van der Waals surface area contributed by atoms with Gasteiger partial charge in [0.25, 0.3) is 0 Å². The Morgan fingerprint density at radius 2 is 1.64 bits per heavy atom. The number of benzene rings is 2. The lowest BCUT2D eigenvalue weighted by Crippen LogP contribution is -2.53. The fourth-order valence-electron chi connectivity index (χ4n) is 3.33. The number of sulfonamides is 1. The highest BCUT2D eigenvalue weighted by molar-refractivity contribution is 7.92. The van der Waals surface area contributed by atoms with E-state index in [1.807, 2.05) is 13.8 Å². The quantitative estimate of drug-likeness (QED) is 0.518. The number of amides is 2. The van der Waals surface area contributed by atoms with Crippen LogP contribution in [0, 0.1) is 0 Å². The molecule has 1 N–H and O–H groups in total. The first-order chi connectivity index (χ1) is 15.4. The Hall–Kier alpha value is -2.29. The minimum atomic E-state index is -3.80. The van der Waals surface area contributed by atoms with Crippen molar-refractivity contribution in [3.63, 3.8) is 0 Å². The number of hydrogen-bond acceptors (Lipinski definition) is 4. The Morgan fingerprint density at radius 1 is 1.03 bits per heavy atom. The molecule has 2 aromatic rings. The highest BCUT2D eigenvalue weighted by Crippen LogP contribution is 2.23. The van der Waals surface area contributed by atoms with Crippen LogP contribution in [0.5, 0.6) is 0 Å². The molecule has 2 amide bonds. The molecule has 33 heavy (non-hydrogen) atoms. The summed E-state index contributed by atoms with van der Waals surface area (Å²) in [7, 11) is -3.80. The normalized spacial score (nSPS) is 12.3. The highest BCUT2D eigenvalue weighted by atomic mass is 35.5. The van der Waals surface area contributed by atoms with Crippen LogP contribution in [0.15, 0.2) is 48.5 Å². The van der Waals surface area contributed by atoms with Crippen LogP contribution >= 0.6 is 23.2 Å². The van der Waals surface area contributed by atoms with E-state index in [4.69, 9.17) is 23.2 Å². The number of hydrogen-bond donors (Lipinski definition) is 1. The zero-order valence-electron chi connectivity index (χ0n) is 19.1. The standard InChI is InChI=1S/C23H29Cl2N3O4S/c1-5-21(23(30)26-16(2)3)27(14-17-8-6-7-9-20(17)25)22(29)15-28(33(4,31)32)19-12-10-18(24)11-13-19/h6-13,16,21H,5,14-15H2,1-4H3,(H,26,30). The number of anilines is 1. The minimum Gasteiger partial charge on any atom is -0.352 e. The number of carbonyl (C=O) groups excluding carboxylic acids is 2. The van der Waals surface area contributed by atoms with Crippen molar-refractivity contribution < 1.29 is 18.0 Å². The third-order valence-corrected chi connectivity index (χ3v) is 6.67. The molecule has 0 spiro atoms. The van der Waals surface area contributed by atoms with Crippen molar-refractivity contribution in [1.82, 2.24) is 10.2 Å². The first-order valence-corrected chi connectivity index (χ1v) is 13.1. The predicted molar refractivity (Wildman–Crippen MR) is 133 cm³/mol. The summed E-state index contributed by atoms with van der Waals surface area (Å²) in [6.07, 6.45) is 1.37. The fourth-order valence-corrected chi connectivity index (χ4v) is 4.50. The molecule has 2 aromatic carbocycles. The van der Waals surface area contributed by atoms with Gasteiger partial charge in [0, 0.05) is 22.6 Å². The Kier molecular flexibility index (Phi) is 9.57. The van der Waals surface area contributed by atoms with Gasteiger partial charge >= 0.3 is 0 Å². The van der Waals surface area contributed by atoms with Gasteiger partial charge in [0.1, 0.15) is 12.6 Å². The molecule has 10 heteroatoms. The first kappa shape index (κ1) is 27.0. The topological polar surface area (TPSA) is 86.8 Å². The molecule has 0 bridgehead atoms. The molecule has 0 aromatic heterocycles. The minimum absolute atomic E-state index is 0.0563. The Labute approximate surface area is 205 Å². The summed E-state index contributed by atoms with van der Waals surface area (Å²) >= 11 is 12.2. The fraction of sp³-hybridized carbons (Fsp3) is 0.391. The van der Waals surface area contributed by atoms with Crippen LogP contribution in [-0.2, 0) is 26.2 Å². The van der Waals surface area contributed by atoms with E-state index in [-0.39, 0.29) is 18.5 Å². The molecular weight excluding hydrogens is 485 g/mol. The van der Waals surface area contributed by atoms with Crippen molar-refractivity contribution in [3.05, 3.63) is 64.1 Å². The molecule has 0 aliphatic heterocycles. The van der Waals surface area contributed by atoms with Gasteiger partial charge in [-0.25, -0.2) is 8.42 Å². The molecule has 0 aliphatic rings. The van der Waals surface area contributed by atoms with Crippen LogP contribution in [0.4, 0.5) is 5.69 Å². The smallest absolute Gasteiger partial charge is 0.244 e. The monoisotopic (exact) mass is 513 g/mol. The SMILES string of the molecule is CCC(C(=O)NC(C)C)N(Cc1ccccc1Cl)C(=O)CN(c1ccc(Cl)cc1)S(C)(=O)=O. The molecule has 0 radical (unpaired) electrons. The third kappa shape index (κ3) is 7.62. The van der Waals surface area contributed by atoms with Gasteiger partial charge in [-0.15, -0.1) is 0 Å². The van der Waals surface area contributed by atoms with Gasteiger partial charge in [-0.2, -0.15) is 0 Å². The van der Waals surface area contributed by atoms with E-state index in [1.165, 1.54) is 17.0 Å². The van der Waals surface area contributed by atoms with E-state index in [0.717, 1.165) is 10.6 Å². The predicted octanol–water partition coefficient (Wildman–Crippen LogP) is 4.09. The average Bonchev–Trinajstić information content (AvgIpc) is 2.72. The van der Waals surface area contributed by atoms with Crippen LogP contribution in [0.2, 0.25) is 10.0 Å². The summed E-state index contributed by atoms with van der Waals surface area (Å²) in [5.41, 5.74) is 0.952. The molecule has 0 saturated carbocycles. The van der Waals surface area contributed by atoms with Crippen molar-refractivity contribution in [2.45, 2.75) is 45.8 Å². The second-order valence-corrected chi connectivity index (χ2v) is 10.7. The zero-order valence-corrected chi connectivity index (χ0v) is 21.4. The van der Waals surface area contributed by atoms with E-state index in [9.17, 15) is 18.0 Å². The van der Waals surface area contributed by atoms with Gasteiger partial charge in [-0.1, -0.05) is 48.3 Å². The molecule has 0 heterocycles. The van der Waals surface area contributed by atoms with Crippen molar-refractivity contribution in [2.75, 3.05) is 17.1 Å². The Morgan fingerprint density at radius 3 is 2.15 bits per heavy atom. The summed E-state index contributed by atoms with van der Waals surface area (Å²) in [5, 5.41) is 3.73. The molecule has 0 aliphatic carbocycles. The number of carbonyl (C=O) groups is 2. The summed E-state index contributed by atoms with van der Waals surface area (Å²) in [6, 6.07) is 12.2. The van der Waals surface area contributed by atoms with Gasteiger partial charge in [0.05, 0.1) is 11.9 Å². The molecule has 2 rings (SSSR count). The van der Waals surface area contributed by atoms with Crippen LogP contribution in [-0.4, -0.2) is 50.0 Å². The number of halogens is 2. The van der Waals surface area contributed by atoms with Crippen molar-refractivity contribution in [2.24, 2.45) is 0 Å². The van der Waals surface area contributed by atoms with E-state index in [1.54, 1.807) is 43.3 Å². The molecule has 1 unspecified atom stereocenters. The van der Waals surface area contributed by atoms with E-state index >= 15 is 0 Å². The lowest BCUT2D eigenvalue weighted by molar-refractivity contribution is -0.140. The number of nitrogens with one attached hydrogen (secondary N) is 1. The van der Waals surface area contributed by atoms with Gasteiger partial charge in [0.15, 0.2) is 0 Å². The molecule has 180 valence electrons. The average molecular weight is 514 g/mol. The molecule has 0 saturated heterocycles. The Balaban J connectivity index is 2.44. The van der Waals surface area contributed by atoms with E-state index in [2.05, 4.69) is 5.32 Å². The van der Waals surface area contributed by atoms with E-state index < -0.39 is 28.5 Å². The maximum atomic E-state index is 13.5. The summed E-state index contributed by atoms with van der Waals surface area (Å²) in [6.45, 7) is 5.04. The number of rotatable bonds is 10. The lowest BCUT2D eigenvalue weighted by atomic mass is 10.1. The lowest BCUT2D eigenvalue weighted by Gasteiger charge is -2.33. The molecule has 1 atom stereocenters. The largest absolute Gasteiger partial charge is 0.352 e. The third-order valence-electron chi connectivity index (χ3n) is 4.91. The van der Waals surface area contributed by atoms with Crippen molar-refractivity contribution in [1.29, 1.82) is 0 Å². The van der Waals surface area contributed by atoms with Crippen LogP contribution in [0.1, 0.15) is 32.8 Å². The van der Waals surface area contributed by atoms with Crippen molar-refractivity contribution in [3.8, 4) is 0 Å². The molecular formula is C23H29Cl2N3O4S.